The van der Waals surface area contributed by atoms with E-state index in [0.717, 1.165) is 12.7 Å². The lowest BCUT2D eigenvalue weighted by Crippen LogP contribution is -2.18. The third kappa shape index (κ3) is 4.02. The summed E-state index contributed by atoms with van der Waals surface area (Å²) < 4.78 is 4.71. The average molecular weight is 261 g/mol. The number of anilines is 1. The summed E-state index contributed by atoms with van der Waals surface area (Å²) in [4.78, 5) is 24.3. The van der Waals surface area contributed by atoms with Gasteiger partial charge in [-0.15, -0.1) is 0 Å². The zero-order chi connectivity index (χ0) is 14.3. The molecule has 1 aromatic carbocycles. The van der Waals surface area contributed by atoms with Gasteiger partial charge in [-0.3, -0.25) is 25.3 Å². The van der Waals surface area contributed by atoms with Gasteiger partial charge in [0, 0.05) is 11.3 Å². The predicted octanol–water partition coefficient (Wildman–Crippen LogP) is 1.84. The molecular weight excluding hydrogens is 246 g/mol. The van der Waals surface area contributed by atoms with Gasteiger partial charge in [-0.2, -0.15) is 0 Å². The van der Waals surface area contributed by atoms with Gasteiger partial charge in [-0.05, 0) is 19.1 Å². The molecule has 6 heteroatoms. The number of Topliss-reactive ketones (excluding diaryl/α,β-unsaturated/α-hetero) is 1. The van der Waals surface area contributed by atoms with Crippen molar-refractivity contribution in [2.75, 3.05) is 11.5 Å². The van der Waals surface area contributed by atoms with Crippen molar-refractivity contribution >= 4 is 30.1 Å². The minimum atomic E-state index is -0.561. The summed E-state index contributed by atoms with van der Waals surface area (Å²) in [6.07, 6.45) is 1.61. The molecule has 19 heavy (non-hydrogen) atoms. The number of esters is 1. The van der Waals surface area contributed by atoms with Crippen LogP contribution >= 0.6 is 0 Å². The zero-order valence-electron chi connectivity index (χ0n) is 10.6. The fourth-order valence-corrected chi connectivity index (χ4v) is 1.47. The van der Waals surface area contributed by atoms with Crippen molar-refractivity contribution in [1.82, 2.24) is 0 Å². The highest BCUT2D eigenvalue weighted by Gasteiger charge is 2.13. The molecule has 0 amide bonds. The fraction of sp³-hybridized carbons (Fsp3) is 0.231. The molecule has 100 valence electrons. The molecule has 0 heterocycles. The molecule has 0 unspecified atom stereocenters. The molecule has 0 aromatic heterocycles. The molecule has 0 saturated carbocycles. The second kappa shape index (κ2) is 7.05. The molecule has 6 nitrogen and oxygen atoms in total. The molecule has 1 rings (SSSR count). The van der Waals surface area contributed by atoms with Crippen LogP contribution in [0.25, 0.3) is 0 Å². The van der Waals surface area contributed by atoms with Gasteiger partial charge in [-0.25, -0.2) is 0 Å². The Hall–Kier alpha value is -2.50. The lowest BCUT2D eigenvalue weighted by atomic mass is 10.1. The normalized spacial score (nSPS) is 9.53. The first-order valence-corrected chi connectivity index (χ1v) is 5.70. The van der Waals surface area contributed by atoms with Crippen LogP contribution in [0.15, 0.2) is 24.3 Å². The molecule has 0 aliphatic carbocycles. The van der Waals surface area contributed by atoms with Gasteiger partial charge in [0.1, 0.15) is 6.42 Å². The lowest BCUT2D eigenvalue weighted by Gasteiger charge is -2.12. The van der Waals surface area contributed by atoms with E-state index in [9.17, 15) is 9.59 Å². The molecule has 0 radical (unpaired) electrons. The van der Waals surface area contributed by atoms with Crippen LogP contribution in [0.3, 0.4) is 0 Å². The molecule has 0 bridgehead atoms. The van der Waals surface area contributed by atoms with E-state index in [1.54, 1.807) is 25.1 Å². The lowest BCUT2D eigenvalue weighted by molar-refractivity contribution is -0.141. The van der Waals surface area contributed by atoms with Crippen LogP contribution in [-0.2, 0) is 9.53 Å². The highest BCUT2D eigenvalue weighted by atomic mass is 16.5. The van der Waals surface area contributed by atoms with Gasteiger partial charge in [0.2, 0.25) is 0 Å². The largest absolute Gasteiger partial charge is 0.466 e. The second-order valence-electron chi connectivity index (χ2n) is 3.62. The third-order valence-corrected chi connectivity index (χ3v) is 2.35. The Morgan fingerprint density at radius 2 is 2.00 bits per heavy atom. The summed E-state index contributed by atoms with van der Waals surface area (Å²) in [7, 11) is 0. The van der Waals surface area contributed by atoms with Gasteiger partial charge in [0.25, 0.3) is 0 Å². The van der Waals surface area contributed by atoms with Gasteiger partial charge in [0.05, 0.1) is 19.3 Å². The van der Waals surface area contributed by atoms with E-state index < -0.39 is 5.97 Å². The molecule has 0 atom stereocenters. The summed E-state index contributed by atoms with van der Waals surface area (Å²) in [5.41, 5.74) is 0.860. The number of carbonyl (C=O) groups is 2. The highest BCUT2D eigenvalue weighted by Crippen LogP contribution is 2.15. The number of nitrogens with one attached hydrogen (secondary N) is 2. The third-order valence-electron chi connectivity index (χ3n) is 2.35. The Morgan fingerprint density at radius 3 is 2.58 bits per heavy atom. The Kier molecular flexibility index (Phi) is 5.40. The minimum Gasteiger partial charge on any atom is -0.466 e. The first kappa shape index (κ1) is 14.6. The van der Waals surface area contributed by atoms with E-state index in [-0.39, 0.29) is 18.8 Å². The van der Waals surface area contributed by atoms with E-state index in [2.05, 4.69) is 0 Å². The summed E-state index contributed by atoms with van der Waals surface area (Å²) >= 11 is 0. The summed E-state index contributed by atoms with van der Waals surface area (Å²) in [5, 5.41) is 14.3. The topological polar surface area (TPSA) is 94.3 Å². The van der Waals surface area contributed by atoms with E-state index in [1.807, 2.05) is 0 Å². The molecule has 0 spiro atoms. The van der Waals surface area contributed by atoms with Gasteiger partial charge in [-0.1, -0.05) is 12.1 Å². The fourth-order valence-electron chi connectivity index (χ4n) is 1.47. The van der Waals surface area contributed by atoms with Crippen LogP contribution in [0.4, 0.5) is 5.69 Å². The standard InChI is InChI=1S/C13H15N3O3/c1-2-19-13(18)7-12(17)10-4-3-5-11(6-10)16(8-14)9-15/h3-6,8-9,14-15H,2,7H2,1H3. The Balaban J connectivity index is 2.86. The van der Waals surface area contributed by atoms with Crippen molar-refractivity contribution in [3.8, 4) is 0 Å². The first-order valence-electron chi connectivity index (χ1n) is 5.70. The summed E-state index contributed by atoms with van der Waals surface area (Å²) in [6, 6.07) is 6.40. The molecule has 0 aliphatic rings. The Bertz CT molecular complexity index is 492. The number of nitrogens with zero attached hydrogens (tertiary/aromatic N) is 1. The van der Waals surface area contributed by atoms with Gasteiger partial charge < -0.3 is 4.74 Å². The molecule has 0 saturated heterocycles. The van der Waals surface area contributed by atoms with Crippen LogP contribution < -0.4 is 4.90 Å². The quantitative estimate of drug-likeness (QED) is 0.257. The zero-order valence-corrected chi connectivity index (χ0v) is 10.6. The minimum absolute atomic E-state index is 0.238. The molecule has 0 fully saturated rings. The van der Waals surface area contributed by atoms with Gasteiger partial charge in [0.15, 0.2) is 5.78 Å². The maximum atomic E-state index is 11.8. The number of benzene rings is 1. The van der Waals surface area contributed by atoms with Crippen molar-refractivity contribution in [3.05, 3.63) is 29.8 Å². The van der Waals surface area contributed by atoms with E-state index >= 15 is 0 Å². The van der Waals surface area contributed by atoms with E-state index in [4.69, 9.17) is 15.6 Å². The van der Waals surface area contributed by atoms with Crippen molar-refractivity contribution in [2.24, 2.45) is 0 Å². The number of hydrogen-bond acceptors (Lipinski definition) is 5. The summed E-state index contributed by atoms with van der Waals surface area (Å²) in [6.45, 7) is 1.91. The molecule has 2 N–H and O–H groups in total. The number of ketones is 1. The Labute approximate surface area is 111 Å². The maximum absolute atomic E-state index is 11.8. The highest BCUT2D eigenvalue weighted by molar-refractivity contribution is 6.07. The summed E-state index contributed by atoms with van der Waals surface area (Å²) in [5.74, 6) is -0.913. The van der Waals surface area contributed by atoms with Crippen LogP contribution in [0.1, 0.15) is 23.7 Å². The number of ether oxygens (including phenoxy) is 1. The number of carbonyl (C=O) groups excluding carboxylic acids is 2. The van der Waals surface area contributed by atoms with Crippen LogP contribution in [0.5, 0.6) is 0 Å². The van der Waals surface area contributed by atoms with Gasteiger partial charge >= 0.3 is 5.97 Å². The molecule has 0 aliphatic heterocycles. The van der Waals surface area contributed by atoms with Crippen molar-refractivity contribution in [3.63, 3.8) is 0 Å². The van der Waals surface area contributed by atoms with Crippen molar-refractivity contribution < 1.29 is 14.3 Å². The molecular formula is C13H15N3O3. The van der Waals surface area contributed by atoms with Crippen molar-refractivity contribution in [1.29, 1.82) is 10.8 Å². The van der Waals surface area contributed by atoms with Crippen molar-refractivity contribution in [2.45, 2.75) is 13.3 Å². The average Bonchev–Trinajstić information content (AvgIpc) is 2.40. The predicted molar refractivity (Wildman–Crippen MR) is 72.1 cm³/mol. The number of rotatable bonds is 7. The second-order valence-corrected chi connectivity index (χ2v) is 3.62. The Morgan fingerprint density at radius 1 is 1.32 bits per heavy atom. The maximum Gasteiger partial charge on any atom is 0.313 e. The van der Waals surface area contributed by atoms with Crippen LogP contribution in [-0.4, -0.2) is 31.0 Å². The smallest absolute Gasteiger partial charge is 0.313 e. The van der Waals surface area contributed by atoms with E-state index in [1.165, 1.54) is 11.0 Å². The molecule has 1 aromatic rings. The number of hydrogen-bond donors (Lipinski definition) is 2. The monoisotopic (exact) mass is 261 g/mol. The van der Waals surface area contributed by atoms with E-state index in [0.29, 0.717) is 11.3 Å². The SMILES string of the molecule is CCOC(=O)CC(=O)c1cccc(N(C=N)C=N)c1. The van der Waals surface area contributed by atoms with Crippen LogP contribution in [0.2, 0.25) is 0 Å². The first-order chi connectivity index (χ1) is 9.12. The van der Waals surface area contributed by atoms with Crippen LogP contribution in [0, 0.1) is 10.8 Å².